The Morgan fingerprint density at radius 3 is 2.77 bits per heavy atom. The molecule has 8 heteroatoms. The number of nitrogens with one attached hydrogen (secondary N) is 3. The number of aromatic nitrogens is 1. The Kier molecular flexibility index (Phi) is 8.26. The SMILES string of the molecule is N#Cc1cccc(C(=O)N2CCCCCCNC(=O)[C@@H]3C[C@@H](C(=O)NCCc4c[nH]c5ccccc45)C[C@@H]32)c1. The lowest BCUT2D eigenvalue weighted by Gasteiger charge is -2.32. The van der Waals surface area contributed by atoms with Crippen molar-refractivity contribution >= 4 is 28.6 Å². The van der Waals surface area contributed by atoms with Crippen LogP contribution < -0.4 is 10.6 Å². The Bertz CT molecular complexity index is 1390. The largest absolute Gasteiger partial charge is 0.361 e. The van der Waals surface area contributed by atoms with Gasteiger partial charge in [0.2, 0.25) is 11.8 Å². The van der Waals surface area contributed by atoms with Crippen molar-refractivity contribution in [1.29, 1.82) is 5.26 Å². The summed E-state index contributed by atoms with van der Waals surface area (Å²) < 4.78 is 0. The van der Waals surface area contributed by atoms with Crippen molar-refractivity contribution < 1.29 is 14.4 Å². The van der Waals surface area contributed by atoms with Gasteiger partial charge < -0.3 is 20.5 Å². The minimum atomic E-state index is -0.449. The topological polar surface area (TPSA) is 118 Å². The molecule has 8 nitrogen and oxygen atoms in total. The second kappa shape index (κ2) is 12.2. The van der Waals surface area contributed by atoms with Crippen molar-refractivity contribution in [3.05, 3.63) is 71.4 Å². The maximum Gasteiger partial charge on any atom is 0.254 e. The Morgan fingerprint density at radius 1 is 1.05 bits per heavy atom. The molecule has 1 aliphatic carbocycles. The number of hydrogen-bond acceptors (Lipinski definition) is 4. The van der Waals surface area contributed by atoms with E-state index < -0.39 is 5.92 Å². The predicted molar refractivity (Wildman–Crippen MR) is 149 cm³/mol. The van der Waals surface area contributed by atoms with Gasteiger partial charge in [0, 0.05) is 54.3 Å². The number of amides is 3. The fourth-order valence-electron chi connectivity index (χ4n) is 6.07. The van der Waals surface area contributed by atoms with E-state index in [0.717, 1.165) is 42.1 Å². The third-order valence-electron chi connectivity index (χ3n) is 8.13. The molecule has 3 aromatic rings. The highest BCUT2D eigenvalue weighted by molar-refractivity contribution is 5.95. The number of hydrogen-bond donors (Lipinski definition) is 3. The molecule has 1 saturated carbocycles. The normalized spacial score (nSPS) is 21.9. The van der Waals surface area contributed by atoms with Gasteiger partial charge in [-0.1, -0.05) is 37.1 Å². The number of nitrogens with zero attached hydrogens (tertiary/aromatic N) is 2. The van der Waals surface area contributed by atoms with Crippen molar-refractivity contribution in [2.24, 2.45) is 11.8 Å². The van der Waals surface area contributed by atoms with Crippen LogP contribution in [0.25, 0.3) is 10.9 Å². The second-order valence-electron chi connectivity index (χ2n) is 10.6. The lowest BCUT2D eigenvalue weighted by Crippen LogP contribution is -2.47. The standard InChI is InChI=1S/C31H35N5O3/c32-19-21-8-7-9-22(16-21)31(39)36-15-6-2-1-5-13-33-30(38)26-17-24(18-28(26)36)29(37)34-14-12-23-20-35-27-11-4-3-10-25(23)27/h3-4,7-11,16,20,24,26,28,35H,1-2,5-6,12-15,17-18H2,(H,33,38)(H,34,37)/t24-,26-,28+/m1/s1. The number of fused-ring (bicyclic) bond motifs is 2. The minimum Gasteiger partial charge on any atom is -0.361 e. The number of nitriles is 1. The molecule has 2 heterocycles. The maximum absolute atomic E-state index is 13.7. The fourth-order valence-corrected chi connectivity index (χ4v) is 6.07. The summed E-state index contributed by atoms with van der Waals surface area (Å²) in [4.78, 5) is 45.4. The Hall–Kier alpha value is -4.12. The second-order valence-corrected chi connectivity index (χ2v) is 10.6. The van der Waals surface area contributed by atoms with Gasteiger partial charge in [-0.3, -0.25) is 14.4 Å². The van der Waals surface area contributed by atoms with Crippen molar-refractivity contribution in [1.82, 2.24) is 20.5 Å². The molecule has 3 atom stereocenters. The first-order valence-electron chi connectivity index (χ1n) is 14.0. The van der Waals surface area contributed by atoms with Crippen LogP contribution in [0.5, 0.6) is 0 Å². The number of H-pyrrole nitrogens is 1. The molecule has 3 N–H and O–H groups in total. The van der Waals surface area contributed by atoms with Crippen molar-refractivity contribution in [2.75, 3.05) is 19.6 Å². The van der Waals surface area contributed by atoms with Crippen LogP contribution in [0.4, 0.5) is 0 Å². The first-order valence-corrected chi connectivity index (χ1v) is 14.0. The van der Waals surface area contributed by atoms with E-state index in [2.05, 4.69) is 27.8 Å². The Balaban J connectivity index is 1.31. The molecule has 2 aromatic carbocycles. The van der Waals surface area contributed by atoms with Crippen LogP contribution >= 0.6 is 0 Å². The highest BCUT2D eigenvalue weighted by Gasteiger charge is 2.45. The first-order chi connectivity index (χ1) is 19.0. The molecule has 0 radical (unpaired) electrons. The fraction of sp³-hybridized carbons (Fsp3) is 0.419. The molecule has 2 aliphatic rings. The van der Waals surface area contributed by atoms with Crippen LogP contribution in [0, 0.1) is 23.2 Å². The summed E-state index contributed by atoms with van der Waals surface area (Å²) in [5, 5.41) is 16.6. The van der Waals surface area contributed by atoms with E-state index >= 15 is 0 Å². The van der Waals surface area contributed by atoms with Gasteiger partial charge in [0.15, 0.2) is 0 Å². The summed E-state index contributed by atoms with van der Waals surface area (Å²) >= 11 is 0. The average Bonchev–Trinajstić information content (AvgIpc) is 3.58. The van der Waals surface area contributed by atoms with Crippen LogP contribution in [-0.2, 0) is 16.0 Å². The van der Waals surface area contributed by atoms with E-state index in [1.807, 2.05) is 24.4 Å². The first kappa shape index (κ1) is 26.5. The predicted octanol–water partition coefficient (Wildman–Crippen LogP) is 3.93. The molecule has 202 valence electrons. The Morgan fingerprint density at radius 2 is 1.90 bits per heavy atom. The van der Waals surface area contributed by atoms with Crippen LogP contribution in [0.15, 0.2) is 54.7 Å². The zero-order valence-corrected chi connectivity index (χ0v) is 22.1. The zero-order valence-electron chi connectivity index (χ0n) is 22.1. The van der Waals surface area contributed by atoms with Crippen LogP contribution in [0.3, 0.4) is 0 Å². The average molecular weight is 526 g/mol. The van der Waals surface area contributed by atoms with Crippen LogP contribution in [-0.4, -0.2) is 53.3 Å². The smallest absolute Gasteiger partial charge is 0.254 e. The summed E-state index contributed by atoms with van der Waals surface area (Å²) in [5.41, 5.74) is 3.09. The number of rotatable bonds is 5. The molecule has 0 unspecified atom stereocenters. The number of aromatic amines is 1. The number of carbonyl (C=O) groups excluding carboxylic acids is 3. The summed E-state index contributed by atoms with van der Waals surface area (Å²) in [5.74, 6) is -1.14. The lowest BCUT2D eigenvalue weighted by atomic mass is 9.99. The van der Waals surface area contributed by atoms with Crippen molar-refractivity contribution in [2.45, 2.75) is 51.0 Å². The van der Waals surface area contributed by atoms with Gasteiger partial charge in [0.05, 0.1) is 17.6 Å². The molecular weight excluding hydrogens is 490 g/mol. The summed E-state index contributed by atoms with van der Waals surface area (Å²) in [6.45, 7) is 1.64. The van der Waals surface area contributed by atoms with Gasteiger partial charge in [-0.2, -0.15) is 5.26 Å². The highest BCUT2D eigenvalue weighted by Crippen LogP contribution is 2.36. The molecule has 3 amide bonds. The van der Waals surface area contributed by atoms with E-state index in [1.165, 1.54) is 0 Å². The third-order valence-corrected chi connectivity index (χ3v) is 8.13. The minimum absolute atomic E-state index is 0.0684. The van der Waals surface area contributed by atoms with Crippen molar-refractivity contribution in [3.8, 4) is 6.07 Å². The van der Waals surface area contributed by atoms with Crippen LogP contribution in [0.2, 0.25) is 0 Å². The molecule has 0 spiro atoms. The zero-order chi connectivity index (χ0) is 27.2. The third kappa shape index (κ3) is 5.98. The van der Waals surface area contributed by atoms with E-state index in [-0.39, 0.29) is 29.7 Å². The van der Waals surface area contributed by atoms with Crippen molar-refractivity contribution in [3.63, 3.8) is 0 Å². The van der Waals surface area contributed by atoms with E-state index in [9.17, 15) is 19.6 Å². The summed E-state index contributed by atoms with van der Waals surface area (Å²) in [6, 6.07) is 16.5. The molecule has 1 aliphatic heterocycles. The molecular formula is C31H35N5O3. The monoisotopic (exact) mass is 525 g/mol. The molecule has 1 aromatic heterocycles. The van der Waals surface area contributed by atoms with Gasteiger partial charge >= 0.3 is 0 Å². The van der Waals surface area contributed by atoms with Gasteiger partial charge in [-0.25, -0.2) is 0 Å². The molecule has 2 fully saturated rings. The Labute approximate surface area is 228 Å². The van der Waals surface area contributed by atoms with Gasteiger partial charge in [0.25, 0.3) is 5.91 Å². The highest BCUT2D eigenvalue weighted by atomic mass is 16.2. The number of benzene rings is 2. The quantitative estimate of drug-likeness (QED) is 0.468. The van der Waals surface area contributed by atoms with Crippen LogP contribution in [0.1, 0.15) is 60.0 Å². The summed E-state index contributed by atoms with van der Waals surface area (Å²) in [6.07, 6.45) is 7.24. The molecule has 39 heavy (non-hydrogen) atoms. The van der Waals surface area contributed by atoms with E-state index in [4.69, 9.17) is 0 Å². The molecule has 1 saturated heterocycles. The maximum atomic E-state index is 13.7. The summed E-state index contributed by atoms with van der Waals surface area (Å²) in [7, 11) is 0. The number of carbonyl (C=O) groups is 3. The van der Waals surface area contributed by atoms with Gasteiger partial charge in [-0.15, -0.1) is 0 Å². The number of para-hydroxylation sites is 1. The lowest BCUT2D eigenvalue weighted by molar-refractivity contribution is -0.126. The van der Waals surface area contributed by atoms with Gasteiger partial charge in [-0.05, 0) is 61.9 Å². The van der Waals surface area contributed by atoms with E-state index in [1.54, 1.807) is 29.2 Å². The molecule has 0 bridgehead atoms. The molecule has 5 rings (SSSR count). The van der Waals surface area contributed by atoms with Gasteiger partial charge in [0.1, 0.15) is 0 Å². The van der Waals surface area contributed by atoms with E-state index in [0.29, 0.717) is 50.0 Å².